The molecule has 20 heavy (non-hydrogen) atoms. The van der Waals surface area contributed by atoms with Crippen molar-refractivity contribution in [1.82, 2.24) is 9.78 Å². The highest BCUT2D eigenvalue weighted by molar-refractivity contribution is 5.73. The molecule has 5 nitrogen and oxygen atoms in total. The van der Waals surface area contributed by atoms with Crippen LogP contribution in [0.15, 0.2) is 17.1 Å². The van der Waals surface area contributed by atoms with Crippen LogP contribution in [0.4, 0.5) is 26.3 Å². The molecule has 0 aliphatic rings. The zero-order chi connectivity index (χ0) is 16.1. The fraction of sp³-hybridized carbons (Fsp3) is 0.444. The molecule has 11 heteroatoms. The van der Waals surface area contributed by atoms with Crippen molar-refractivity contribution in [2.45, 2.75) is 25.8 Å². The molecule has 1 N–H and O–H groups in total. The fourth-order valence-corrected chi connectivity index (χ4v) is 0.892. The summed E-state index contributed by atoms with van der Waals surface area (Å²) in [6.07, 6.45) is -8.72. The van der Waals surface area contributed by atoms with Gasteiger partial charge in [-0.1, -0.05) is 0 Å². The molecule has 0 saturated carbocycles. The van der Waals surface area contributed by atoms with E-state index in [1.54, 1.807) is 6.92 Å². The van der Waals surface area contributed by atoms with E-state index in [9.17, 15) is 31.1 Å². The van der Waals surface area contributed by atoms with Crippen LogP contribution in [-0.4, -0.2) is 27.0 Å². The van der Waals surface area contributed by atoms with Crippen molar-refractivity contribution >= 4 is 5.97 Å². The molecule has 0 aliphatic heterocycles. The summed E-state index contributed by atoms with van der Waals surface area (Å²) in [6, 6.07) is 0.675. The lowest BCUT2D eigenvalue weighted by molar-refractivity contribution is -0.192. The second-order valence-electron chi connectivity index (χ2n) is 3.17. The second-order valence-corrected chi connectivity index (χ2v) is 3.17. The summed E-state index contributed by atoms with van der Waals surface area (Å²) in [5.74, 6) is -2.76. The Kier molecular flexibility index (Phi) is 5.73. The van der Waals surface area contributed by atoms with Crippen LogP contribution in [-0.2, 0) is 17.5 Å². The van der Waals surface area contributed by atoms with Crippen molar-refractivity contribution in [3.63, 3.8) is 0 Å². The van der Waals surface area contributed by atoms with Crippen LogP contribution < -0.4 is 5.56 Å². The standard InChI is InChI=1S/C7H7F3N2O.C2HF3O2/c1-2-12-6(13)5(3-4-11-12)7(8,9)10;3-2(4,5)1(6)7/h3-4H,2H2,1H3;(H,6,7). The van der Waals surface area contributed by atoms with E-state index in [4.69, 9.17) is 9.90 Å². The van der Waals surface area contributed by atoms with Gasteiger partial charge in [0, 0.05) is 12.7 Å². The van der Waals surface area contributed by atoms with E-state index in [1.165, 1.54) is 0 Å². The molecule has 0 aromatic carbocycles. The smallest absolute Gasteiger partial charge is 0.475 e. The molecule has 0 spiro atoms. The maximum absolute atomic E-state index is 12.1. The normalized spacial score (nSPS) is 11.6. The van der Waals surface area contributed by atoms with Crippen LogP contribution in [0.2, 0.25) is 0 Å². The number of hydrogen-bond donors (Lipinski definition) is 1. The zero-order valence-electron chi connectivity index (χ0n) is 9.79. The summed E-state index contributed by atoms with van der Waals surface area (Å²) in [5.41, 5.74) is -2.28. The minimum Gasteiger partial charge on any atom is -0.475 e. The quantitative estimate of drug-likeness (QED) is 0.805. The van der Waals surface area contributed by atoms with Crippen LogP contribution in [0.25, 0.3) is 0 Å². The third kappa shape index (κ3) is 5.28. The highest BCUT2D eigenvalue weighted by atomic mass is 19.4. The molecule has 0 atom stereocenters. The van der Waals surface area contributed by atoms with Gasteiger partial charge in [-0.25, -0.2) is 9.48 Å². The van der Waals surface area contributed by atoms with Crippen LogP contribution in [0.3, 0.4) is 0 Å². The monoisotopic (exact) mass is 306 g/mol. The van der Waals surface area contributed by atoms with Gasteiger partial charge in [0.15, 0.2) is 0 Å². The summed E-state index contributed by atoms with van der Waals surface area (Å²) in [7, 11) is 0. The Morgan fingerprint density at radius 3 is 2.05 bits per heavy atom. The number of alkyl halides is 6. The number of aromatic nitrogens is 2. The number of halogens is 6. The van der Waals surface area contributed by atoms with Crippen molar-refractivity contribution < 1.29 is 36.2 Å². The topological polar surface area (TPSA) is 72.2 Å². The molecule has 114 valence electrons. The van der Waals surface area contributed by atoms with Crippen LogP contribution in [0.1, 0.15) is 12.5 Å². The highest BCUT2D eigenvalue weighted by Crippen LogP contribution is 2.25. The van der Waals surface area contributed by atoms with Gasteiger partial charge < -0.3 is 5.11 Å². The lowest BCUT2D eigenvalue weighted by Crippen LogP contribution is -2.29. The first-order valence-electron chi connectivity index (χ1n) is 4.84. The Labute approximate surface area is 107 Å². The Balaban J connectivity index is 0.000000441. The van der Waals surface area contributed by atoms with Crippen molar-refractivity contribution in [2.24, 2.45) is 0 Å². The number of carboxylic acids is 1. The third-order valence-electron chi connectivity index (χ3n) is 1.76. The highest BCUT2D eigenvalue weighted by Gasteiger charge is 2.38. The van der Waals surface area contributed by atoms with Crippen molar-refractivity contribution in [1.29, 1.82) is 0 Å². The van der Waals surface area contributed by atoms with Gasteiger partial charge in [0.1, 0.15) is 5.56 Å². The summed E-state index contributed by atoms with van der Waals surface area (Å²) < 4.78 is 68.9. The Morgan fingerprint density at radius 1 is 1.30 bits per heavy atom. The van der Waals surface area contributed by atoms with Gasteiger partial charge >= 0.3 is 18.3 Å². The number of carboxylic acid groups (broad SMARTS) is 1. The van der Waals surface area contributed by atoms with E-state index in [0.29, 0.717) is 6.07 Å². The lowest BCUT2D eigenvalue weighted by Gasteiger charge is -2.06. The largest absolute Gasteiger partial charge is 0.490 e. The third-order valence-corrected chi connectivity index (χ3v) is 1.76. The van der Waals surface area contributed by atoms with E-state index in [2.05, 4.69) is 5.10 Å². The minimum absolute atomic E-state index is 0.128. The number of aliphatic carboxylic acids is 1. The molecular formula is C9H8F6N2O3. The molecule has 0 amide bonds. The van der Waals surface area contributed by atoms with Crippen LogP contribution in [0, 0.1) is 0 Å². The average Bonchev–Trinajstić information content (AvgIpc) is 2.27. The first kappa shape index (κ1) is 17.9. The molecule has 1 aromatic rings. The van der Waals surface area contributed by atoms with Gasteiger partial charge in [-0.2, -0.15) is 31.4 Å². The first-order chi connectivity index (χ1) is 8.91. The summed E-state index contributed by atoms with van der Waals surface area (Å²) in [4.78, 5) is 19.9. The average molecular weight is 306 g/mol. The van der Waals surface area contributed by atoms with Crippen molar-refractivity contribution in [2.75, 3.05) is 0 Å². The molecule has 1 heterocycles. The van der Waals surface area contributed by atoms with Gasteiger partial charge in [-0.3, -0.25) is 4.79 Å². The maximum Gasteiger partial charge on any atom is 0.490 e. The van der Waals surface area contributed by atoms with E-state index >= 15 is 0 Å². The molecule has 1 rings (SSSR count). The SMILES string of the molecule is CCn1nccc(C(F)(F)F)c1=O.O=C(O)C(F)(F)F. The van der Waals surface area contributed by atoms with Crippen molar-refractivity contribution in [3.05, 3.63) is 28.2 Å². The Bertz CT molecular complexity index is 520. The predicted octanol–water partition coefficient (Wildman–Crippen LogP) is 1.92. The molecular weight excluding hydrogens is 298 g/mol. The molecule has 0 radical (unpaired) electrons. The fourth-order valence-electron chi connectivity index (χ4n) is 0.892. The minimum atomic E-state index is -5.08. The van der Waals surface area contributed by atoms with E-state index in [0.717, 1.165) is 10.9 Å². The van der Waals surface area contributed by atoms with Gasteiger partial charge in [-0.05, 0) is 13.0 Å². The number of nitrogens with zero attached hydrogens (tertiary/aromatic N) is 2. The van der Waals surface area contributed by atoms with E-state index in [-0.39, 0.29) is 6.54 Å². The van der Waals surface area contributed by atoms with Gasteiger partial charge in [0.2, 0.25) is 0 Å². The maximum atomic E-state index is 12.1. The molecule has 0 bridgehead atoms. The molecule has 0 saturated heterocycles. The molecule has 1 aromatic heterocycles. The number of aryl methyl sites for hydroxylation is 1. The van der Waals surface area contributed by atoms with Gasteiger partial charge in [-0.15, -0.1) is 0 Å². The predicted molar refractivity (Wildman–Crippen MR) is 52.9 cm³/mol. The summed E-state index contributed by atoms with van der Waals surface area (Å²) in [5, 5.41) is 10.6. The van der Waals surface area contributed by atoms with Crippen molar-refractivity contribution in [3.8, 4) is 0 Å². The van der Waals surface area contributed by atoms with Gasteiger partial charge in [0.25, 0.3) is 5.56 Å². The van der Waals surface area contributed by atoms with Crippen LogP contribution >= 0.6 is 0 Å². The summed E-state index contributed by atoms with van der Waals surface area (Å²) >= 11 is 0. The second kappa shape index (κ2) is 6.39. The number of carbonyl (C=O) groups is 1. The zero-order valence-corrected chi connectivity index (χ0v) is 9.79. The first-order valence-corrected chi connectivity index (χ1v) is 4.84. The van der Waals surface area contributed by atoms with E-state index < -0.39 is 29.4 Å². The Hall–Kier alpha value is -2.07. The van der Waals surface area contributed by atoms with E-state index in [1.807, 2.05) is 0 Å². The number of hydrogen-bond acceptors (Lipinski definition) is 3. The lowest BCUT2D eigenvalue weighted by atomic mass is 10.3. The summed E-state index contributed by atoms with van der Waals surface area (Å²) in [6.45, 7) is 1.68. The Morgan fingerprint density at radius 2 is 1.75 bits per heavy atom. The number of rotatable bonds is 1. The molecule has 0 unspecified atom stereocenters. The van der Waals surface area contributed by atoms with Crippen LogP contribution in [0.5, 0.6) is 0 Å². The molecule has 0 fully saturated rings. The molecule has 0 aliphatic carbocycles. The van der Waals surface area contributed by atoms with Gasteiger partial charge in [0.05, 0.1) is 0 Å².